The Morgan fingerprint density at radius 3 is 1.43 bits per heavy atom. The number of para-hydroxylation sites is 4. The number of allylic oxidation sites excluding steroid dienone is 5. The molecular formula is C58H41N5. The fraction of sp³-hybridized carbons (Fsp3) is 0.0517. The average molecular weight is 808 g/mol. The van der Waals surface area contributed by atoms with Crippen LogP contribution in [0.1, 0.15) is 30.1 Å². The summed E-state index contributed by atoms with van der Waals surface area (Å²) in [6, 6.07) is 70.2. The van der Waals surface area contributed by atoms with Gasteiger partial charge in [0.1, 0.15) is 6.17 Å². The second kappa shape index (κ2) is 14.2. The molecule has 1 unspecified atom stereocenters. The number of nitrogens with zero attached hydrogens (tertiary/aromatic N) is 4. The highest BCUT2D eigenvalue weighted by atomic mass is 15.1. The lowest BCUT2D eigenvalue weighted by atomic mass is 9.95. The predicted octanol–water partition coefficient (Wildman–Crippen LogP) is 14.2. The van der Waals surface area contributed by atoms with Gasteiger partial charge in [0.2, 0.25) is 0 Å². The number of rotatable bonds is 6. The van der Waals surface area contributed by atoms with E-state index in [-0.39, 0.29) is 6.17 Å². The van der Waals surface area contributed by atoms with Gasteiger partial charge in [0, 0.05) is 55.1 Å². The van der Waals surface area contributed by atoms with Gasteiger partial charge < -0.3 is 19.0 Å². The van der Waals surface area contributed by atoms with E-state index in [0.29, 0.717) is 0 Å². The van der Waals surface area contributed by atoms with Crippen LogP contribution in [0.4, 0.5) is 0 Å². The second-order valence-corrected chi connectivity index (χ2v) is 16.7. The quantitative estimate of drug-likeness (QED) is 0.179. The molecule has 0 saturated heterocycles. The van der Waals surface area contributed by atoms with Gasteiger partial charge >= 0.3 is 0 Å². The van der Waals surface area contributed by atoms with Crippen molar-refractivity contribution in [2.24, 2.45) is 4.99 Å². The second-order valence-electron chi connectivity index (χ2n) is 16.7. The zero-order valence-corrected chi connectivity index (χ0v) is 34.5. The lowest BCUT2D eigenvalue weighted by molar-refractivity contribution is 0.619. The van der Waals surface area contributed by atoms with Gasteiger partial charge in [-0.3, -0.25) is 4.99 Å². The van der Waals surface area contributed by atoms with Gasteiger partial charge in [0.05, 0.1) is 38.8 Å². The molecule has 1 aliphatic heterocycles. The molecule has 5 heteroatoms. The summed E-state index contributed by atoms with van der Waals surface area (Å²) in [7, 11) is 0. The summed E-state index contributed by atoms with van der Waals surface area (Å²) < 4.78 is 7.42. The predicted molar refractivity (Wildman–Crippen MR) is 263 cm³/mol. The van der Waals surface area contributed by atoms with Crippen LogP contribution < -0.4 is 5.32 Å². The number of aliphatic imine (C=N–C) groups is 1. The molecule has 0 fully saturated rings. The molecule has 63 heavy (non-hydrogen) atoms. The fourth-order valence-corrected chi connectivity index (χ4v) is 10.3. The molecule has 0 bridgehead atoms. The van der Waals surface area contributed by atoms with Crippen molar-refractivity contribution in [2.45, 2.75) is 19.0 Å². The van der Waals surface area contributed by atoms with Crippen molar-refractivity contribution >= 4 is 76.8 Å². The molecule has 8 aromatic carbocycles. The Kier molecular flexibility index (Phi) is 8.03. The number of nitrogens with one attached hydrogen (secondary N) is 1. The first-order valence-corrected chi connectivity index (χ1v) is 21.9. The summed E-state index contributed by atoms with van der Waals surface area (Å²) in [4.78, 5) is 5.19. The monoisotopic (exact) mass is 807 g/mol. The Hall–Kier alpha value is -8.15. The van der Waals surface area contributed by atoms with Gasteiger partial charge in [-0.2, -0.15) is 0 Å². The fourth-order valence-electron chi connectivity index (χ4n) is 10.3. The van der Waals surface area contributed by atoms with E-state index in [1.165, 1.54) is 76.7 Å². The van der Waals surface area contributed by atoms with Crippen LogP contribution in [0.3, 0.4) is 0 Å². The number of benzene rings is 8. The third-order valence-electron chi connectivity index (χ3n) is 13.2. The number of aromatic nitrogens is 3. The molecular weight excluding hydrogens is 767 g/mol. The van der Waals surface area contributed by atoms with Crippen LogP contribution in [-0.4, -0.2) is 19.4 Å². The topological polar surface area (TPSA) is 39.2 Å². The minimum absolute atomic E-state index is 0.166. The molecule has 1 N–H and O–H groups in total. The molecule has 5 nitrogen and oxygen atoms in total. The van der Waals surface area contributed by atoms with Crippen LogP contribution >= 0.6 is 0 Å². The first-order valence-electron chi connectivity index (χ1n) is 21.9. The molecule has 13 rings (SSSR count). The molecule has 3 aromatic heterocycles. The lowest BCUT2D eigenvalue weighted by Gasteiger charge is -2.27. The van der Waals surface area contributed by atoms with Crippen molar-refractivity contribution in [2.75, 3.05) is 0 Å². The van der Waals surface area contributed by atoms with Crippen LogP contribution in [0, 0.1) is 0 Å². The van der Waals surface area contributed by atoms with Crippen molar-refractivity contribution in [1.29, 1.82) is 0 Å². The van der Waals surface area contributed by atoms with Gasteiger partial charge in [0.15, 0.2) is 0 Å². The molecule has 0 spiro atoms. The zero-order valence-electron chi connectivity index (χ0n) is 34.5. The van der Waals surface area contributed by atoms with Gasteiger partial charge in [0.25, 0.3) is 0 Å². The highest BCUT2D eigenvalue weighted by Gasteiger charge is 2.25. The first kappa shape index (κ1) is 35.6. The molecule has 0 radical (unpaired) electrons. The first-order chi connectivity index (χ1) is 31.2. The van der Waals surface area contributed by atoms with E-state index in [4.69, 9.17) is 4.99 Å². The highest BCUT2D eigenvalue weighted by molar-refractivity contribution is 6.23. The highest BCUT2D eigenvalue weighted by Crippen LogP contribution is 2.44. The van der Waals surface area contributed by atoms with E-state index in [2.05, 4.69) is 231 Å². The summed E-state index contributed by atoms with van der Waals surface area (Å²) >= 11 is 0. The molecule has 0 saturated carbocycles. The van der Waals surface area contributed by atoms with Crippen molar-refractivity contribution in [3.05, 3.63) is 235 Å². The largest absolute Gasteiger partial charge is 0.360 e. The molecule has 1 atom stereocenters. The minimum atomic E-state index is -0.166. The van der Waals surface area contributed by atoms with Gasteiger partial charge in [-0.1, -0.05) is 140 Å². The van der Waals surface area contributed by atoms with E-state index in [1.54, 1.807) is 0 Å². The van der Waals surface area contributed by atoms with Crippen molar-refractivity contribution in [1.82, 2.24) is 19.0 Å². The average Bonchev–Trinajstić information content (AvgIpc) is 3.98. The number of hydrogen-bond donors (Lipinski definition) is 1. The van der Waals surface area contributed by atoms with Crippen LogP contribution in [0.2, 0.25) is 0 Å². The van der Waals surface area contributed by atoms with Crippen LogP contribution in [0.5, 0.6) is 0 Å². The third-order valence-corrected chi connectivity index (χ3v) is 13.2. The van der Waals surface area contributed by atoms with Crippen molar-refractivity contribution in [3.63, 3.8) is 0 Å². The normalized spacial score (nSPS) is 15.5. The Labute approximate surface area is 364 Å². The van der Waals surface area contributed by atoms with Crippen LogP contribution in [-0.2, 0) is 0 Å². The third kappa shape index (κ3) is 5.67. The Bertz CT molecular complexity index is 3730. The maximum atomic E-state index is 5.19. The summed E-state index contributed by atoms with van der Waals surface area (Å²) in [6.45, 7) is 0. The van der Waals surface area contributed by atoms with E-state index in [1.807, 2.05) is 0 Å². The molecule has 4 heterocycles. The van der Waals surface area contributed by atoms with Crippen molar-refractivity contribution in [3.8, 4) is 11.4 Å². The van der Waals surface area contributed by atoms with E-state index in [0.717, 1.165) is 46.8 Å². The zero-order chi connectivity index (χ0) is 41.4. The summed E-state index contributed by atoms with van der Waals surface area (Å²) in [6.07, 6.45) is 8.53. The lowest BCUT2D eigenvalue weighted by Crippen LogP contribution is -2.27. The Balaban J connectivity index is 1.02. The number of fused-ring (bicyclic) bond motifs is 9. The van der Waals surface area contributed by atoms with E-state index >= 15 is 0 Å². The molecule has 2 aliphatic rings. The molecule has 0 amide bonds. The molecule has 11 aromatic rings. The SMILES string of the molecule is C1=C(C2=CC(c3ccccc3)=NC(c3ccccc3)N2)CCC(n2c3ccccc3c3cc4c(cc32)c2cc3c(cc2n4-c2ccccc2)c2ccccc2n3-c2ccccc2)=C1. The summed E-state index contributed by atoms with van der Waals surface area (Å²) in [5.74, 6) is 0. The van der Waals surface area contributed by atoms with Crippen LogP contribution in [0.25, 0.3) is 82.5 Å². The minimum Gasteiger partial charge on any atom is -0.360 e. The van der Waals surface area contributed by atoms with Gasteiger partial charge in [-0.05, 0) is 102 Å². The maximum Gasteiger partial charge on any atom is 0.145 e. The Morgan fingerprint density at radius 1 is 0.413 bits per heavy atom. The summed E-state index contributed by atoms with van der Waals surface area (Å²) in [5, 5.41) is 11.3. The molecule has 298 valence electrons. The Morgan fingerprint density at radius 2 is 0.873 bits per heavy atom. The smallest absolute Gasteiger partial charge is 0.145 e. The van der Waals surface area contributed by atoms with Gasteiger partial charge in [-0.25, -0.2) is 0 Å². The maximum absolute atomic E-state index is 5.19. The summed E-state index contributed by atoms with van der Waals surface area (Å²) in [5.41, 5.74) is 16.5. The molecule has 1 aliphatic carbocycles. The standard InChI is InChI=1S/C58H41N5/c1-5-17-38(18-6-1)50-37-51(60-58(59-50)40-19-7-2-8-20-40)39-29-31-43(32-30-39)62-53-28-16-14-26-45(53)47-34-57-49(36-55(47)62)48-35-54-46(33-56(48)63(57)42-23-11-4-12-24-42)44-25-13-15-27-52(44)61(54)41-21-9-3-10-22-41/h1-29,31,33-37,58,60H,30,32H2. The number of hydrogen-bond acceptors (Lipinski definition) is 2. The van der Waals surface area contributed by atoms with Gasteiger partial charge in [-0.15, -0.1) is 0 Å². The van der Waals surface area contributed by atoms with E-state index in [9.17, 15) is 0 Å². The van der Waals surface area contributed by atoms with Crippen LogP contribution in [0.15, 0.2) is 229 Å². The van der Waals surface area contributed by atoms with Crippen molar-refractivity contribution < 1.29 is 0 Å². The van der Waals surface area contributed by atoms with E-state index < -0.39 is 0 Å².